The Morgan fingerprint density at radius 1 is 0.957 bits per heavy atom. The topological polar surface area (TPSA) is 69.9 Å². The minimum Gasteiger partial charge on any atom is -0.342 e. The zero-order valence-corrected chi connectivity index (χ0v) is 15.0. The van der Waals surface area contributed by atoms with E-state index in [2.05, 4.69) is 4.90 Å². The van der Waals surface area contributed by atoms with E-state index in [1.54, 1.807) is 0 Å². The third-order valence-electron chi connectivity index (χ3n) is 4.63. The SMILES string of the molecule is CCCC(N)C(=O)N1CCCN(CC(=O)N2CCCC2)CC1.Cl. The summed E-state index contributed by atoms with van der Waals surface area (Å²) in [7, 11) is 0. The van der Waals surface area contributed by atoms with Crippen LogP contribution in [0.4, 0.5) is 0 Å². The number of hydrogen-bond acceptors (Lipinski definition) is 4. The molecular weight excluding hydrogens is 316 g/mol. The van der Waals surface area contributed by atoms with Crippen LogP contribution in [0.15, 0.2) is 0 Å². The van der Waals surface area contributed by atoms with E-state index in [4.69, 9.17) is 5.73 Å². The lowest BCUT2D eigenvalue weighted by atomic mass is 10.1. The summed E-state index contributed by atoms with van der Waals surface area (Å²) in [4.78, 5) is 30.5. The van der Waals surface area contributed by atoms with Crippen LogP contribution in [0.3, 0.4) is 0 Å². The molecule has 2 N–H and O–H groups in total. The van der Waals surface area contributed by atoms with E-state index in [0.717, 1.165) is 64.8 Å². The van der Waals surface area contributed by atoms with Crippen molar-refractivity contribution < 1.29 is 9.59 Å². The Hall–Kier alpha value is -0.850. The maximum atomic E-state index is 12.3. The molecule has 0 spiro atoms. The summed E-state index contributed by atoms with van der Waals surface area (Å²) in [5.41, 5.74) is 5.94. The lowest BCUT2D eigenvalue weighted by Gasteiger charge is -2.25. The van der Waals surface area contributed by atoms with Gasteiger partial charge in [0.05, 0.1) is 12.6 Å². The summed E-state index contributed by atoms with van der Waals surface area (Å²) in [5, 5.41) is 0. The molecule has 0 aromatic carbocycles. The van der Waals surface area contributed by atoms with Crippen LogP contribution in [-0.4, -0.2) is 78.4 Å². The first-order valence-corrected chi connectivity index (χ1v) is 8.66. The quantitative estimate of drug-likeness (QED) is 0.795. The highest BCUT2D eigenvalue weighted by Gasteiger charge is 2.25. The second kappa shape index (κ2) is 10.1. The van der Waals surface area contributed by atoms with Crippen LogP contribution in [0.1, 0.15) is 39.0 Å². The molecule has 2 aliphatic heterocycles. The number of nitrogens with two attached hydrogens (primary N) is 1. The van der Waals surface area contributed by atoms with Gasteiger partial charge < -0.3 is 15.5 Å². The average molecular weight is 347 g/mol. The zero-order chi connectivity index (χ0) is 15.9. The fourth-order valence-electron chi connectivity index (χ4n) is 3.28. The predicted molar refractivity (Wildman–Crippen MR) is 93.6 cm³/mol. The van der Waals surface area contributed by atoms with Gasteiger partial charge in [0.25, 0.3) is 0 Å². The van der Waals surface area contributed by atoms with Gasteiger partial charge in [-0.2, -0.15) is 0 Å². The van der Waals surface area contributed by atoms with Crippen molar-refractivity contribution in [3.63, 3.8) is 0 Å². The molecule has 134 valence electrons. The minimum absolute atomic E-state index is 0. The Bertz CT molecular complexity index is 388. The Balaban J connectivity index is 0.00000264. The van der Waals surface area contributed by atoms with Crippen molar-refractivity contribution in [2.45, 2.75) is 45.1 Å². The summed E-state index contributed by atoms with van der Waals surface area (Å²) in [6.45, 7) is 7.43. The van der Waals surface area contributed by atoms with E-state index in [9.17, 15) is 9.59 Å². The van der Waals surface area contributed by atoms with Crippen molar-refractivity contribution in [1.82, 2.24) is 14.7 Å². The van der Waals surface area contributed by atoms with E-state index < -0.39 is 0 Å². The Kier molecular flexibility index (Phi) is 8.87. The molecular formula is C16H31ClN4O2. The van der Waals surface area contributed by atoms with E-state index in [-0.39, 0.29) is 30.3 Å². The number of carbonyl (C=O) groups is 2. The van der Waals surface area contributed by atoms with Crippen LogP contribution in [-0.2, 0) is 9.59 Å². The van der Waals surface area contributed by atoms with Gasteiger partial charge in [0, 0.05) is 39.3 Å². The Morgan fingerprint density at radius 3 is 2.26 bits per heavy atom. The van der Waals surface area contributed by atoms with E-state index in [1.165, 1.54) is 0 Å². The first-order chi connectivity index (χ1) is 10.6. The van der Waals surface area contributed by atoms with Crippen LogP contribution in [0.5, 0.6) is 0 Å². The first kappa shape index (κ1) is 20.2. The summed E-state index contributed by atoms with van der Waals surface area (Å²) in [5.74, 6) is 0.300. The normalized spacial score (nSPS) is 20.8. The van der Waals surface area contributed by atoms with Gasteiger partial charge in [-0.05, 0) is 25.7 Å². The lowest BCUT2D eigenvalue weighted by Crippen LogP contribution is -2.45. The number of carbonyl (C=O) groups excluding carboxylic acids is 2. The zero-order valence-electron chi connectivity index (χ0n) is 14.2. The summed E-state index contributed by atoms with van der Waals surface area (Å²) in [6, 6.07) is -0.372. The van der Waals surface area contributed by atoms with Crippen molar-refractivity contribution in [2.75, 3.05) is 45.8 Å². The van der Waals surface area contributed by atoms with Crippen LogP contribution in [0.25, 0.3) is 0 Å². The van der Waals surface area contributed by atoms with Gasteiger partial charge in [0.15, 0.2) is 0 Å². The van der Waals surface area contributed by atoms with Crippen molar-refractivity contribution >= 4 is 24.2 Å². The molecule has 2 saturated heterocycles. The molecule has 0 aliphatic carbocycles. The molecule has 0 saturated carbocycles. The third kappa shape index (κ3) is 5.94. The molecule has 2 amide bonds. The molecule has 2 fully saturated rings. The highest BCUT2D eigenvalue weighted by atomic mass is 35.5. The van der Waals surface area contributed by atoms with Gasteiger partial charge in [0.1, 0.15) is 0 Å². The van der Waals surface area contributed by atoms with Crippen molar-refractivity contribution in [3.05, 3.63) is 0 Å². The molecule has 0 bridgehead atoms. The average Bonchev–Trinajstić information content (AvgIpc) is 2.95. The molecule has 0 aromatic rings. The van der Waals surface area contributed by atoms with E-state index >= 15 is 0 Å². The van der Waals surface area contributed by atoms with Crippen LogP contribution in [0, 0.1) is 0 Å². The third-order valence-corrected chi connectivity index (χ3v) is 4.63. The highest BCUT2D eigenvalue weighted by molar-refractivity contribution is 5.85. The van der Waals surface area contributed by atoms with Gasteiger partial charge >= 0.3 is 0 Å². The molecule has 2 aliphatic rings. The van der Waals surface area contributed by atoms with Crippen LogP contribution >= 0.6 is 12.4 Å². The van der Waals surface area contributed by atoms with Crippen LogP contribution in [0.2, 0.25) is 0 Å². The predicted octanol–water partition coefficient (Wildman–Crippen LogP) is 0.692. The minimum atomic E-state index is -0.372. The fraction of sp³-hybridized carbons (Fsp3) is 0.875. The molecule has 1 atom stereocenters. The number of halogens is 1. The summed E-state index contributed by atoms with van der Waals surface area (Å²) >= 11 is 0. The standard InChI is InChI=1S/C16H30N4O2.ClH/c1-2-6-14(17)16(22)20-10-5-7-18(11-12-20)13-15(21)19-8-3-4-9-19;/h14H,2-13,17H2,1H3;1H. The molecule has 0 aromatic heterocycles. The second-order valence-electron chi connectivity index (χ2n) is 6.44. The van der Waals surface area contributed by atoms with Gasteiger partial charge in [0.2, 0.25) is 11.8 Å². The summed E-state index contributed by atoms with van der Waals surface area (Å²) < 4.78 is 0. The molecule has 2 rings (SSSR count). The largest absolute Gasteiger partial charge is 0.342 e. The summed E-state index contributed by atoms with van der Waals surface area (Å²) in [6.07, 6.45) is 4.84. The number of rotatable bonds is 5. The molecule has 6 nitrogen and oxygen atoms in total. The molecule has 1 unspecified atom stereocenters. The second-order valence-corrected chi connectivity index (χ2v) is 6.44. The van der Waals surface area contributed by atoms with E-state index in [0.29, 0.717) is 13.1 Å². The van der Waals surface area contributed by atoms with Crippen molar-refractivity contribution in [3.8, 4) is 0 Å². The molecule has 7 heteroatoms. The Labute approximate surface area is 145 Å². The lowest BCUT2D eigenvalue weighted by molar-refractivity contribution is -0.132. The Morgan fingerprint density at radius 2 is 1.61 bits per heavy atom. The van der Waals surface area contributed by atoms with Gasteiger partial charge in [-0.25, -0.2) is 0 Å². The molecule has 0 radical (unpaired) electrons. The molecule has 2 heterocycles. The monoisotopic (exact) mass is 346 g/mol. The number of likely N-dealkylation sites (tertiary alicyclic amines) is 1. The number of nitrogens with zero attached hydrogens (tertiary/aromatic N) is 3. The van der Waals surface area contributed by atoms with Crippen molar-refractivity contribution in [1.29, 1.82) is 0 Å². The number of amides is 2. The van der Waals surface area contributed by atoms with Gasteiger partial charge in [-0.3, -0.25) is 14.5 Å². The van der Waals surface area contributed by atoms with E-state index in [1.807, 2.05) is 16.7 Å². The highest BCUT2D eigenvalue weighted by Crippen LogP contribution is 2.10. The number of hydrogen-bond donors (Lipinski definition) is 1. The van der Waals surface area contributed by atoms with Gasteiger partial charge in [-0.1, -0.05) is 13.3 Å². The molecule has 23 heavy (non-hydrogen) atoms. The maximum absolute atomic E-state index is 12.3. The van der Waals surface area contributed by atoms with Crippen LogP contribution < -0.4 is 5.73 Å². The van der Waals surface area contributed by atoms with Crippen molar-refractivity contribution in [2.24, 2.45) is 5.73 Å². The van der Waals surface area contributed by atoms with Gasteiger partial charge in [-0.15, -0.1) is 12.4 Å². The first-order valence-electron chi connectivity index (χ1n) is 8.66. The smallest absolute Gasteiger partial charge is 0.239 e. The maximum Gasteiger partial charge on any atom is 0.239 e. The fourth-order valence-corrected chi connectivity index (χ4v) is 3.28.